The number of carbonyl (C=O) groups excluding carboxylic acids is 1. The van der Waals surface area contributed by atoms with E-state index < -0.39 is 0 Å². The molecule has 5 nitrogen and oxygen atoms in total. The molecule has 0 saturated carbocycles. The summed E-state index contributed by atoms with van der Waals surface area (Å²) >= 11 is 0. The van der Waals surface area contributed by atoms with E-state index in [-0.39, 0.29) is 17.9 Å². The van der Waals surface area contributed by atoms with Gasteiger partial charge in [-0.2, -0.15) is 0 Å². The van der Waals surface area contributed by atoms with E-state index >= 15 is 0 Å². The standard InChI is InChI=1S/C17H26N2O3/c1-19(9-10-20)13-16(21)18-14-17(7-11-22-12-8-17)15-5-3-2-4-6-15/h2-6,20H,7-14H2,1H3,(H,18,21). The van der Waals surface area contributed by atoms with Crippen LogP contribution in [-0.4, -0.2) is 62.4 Å². The van der Waals surface area contributed by atoms with Crippen molar-refractivity contribution >= 4 is 5.91 Å². The smallest absolute Gasteiger partial charge is 0.234 e. The fraction of sp³-hybridized carbons (Fsp3) is 0.588. The van der Waals surface area contributed by atoms with Crippen molar-refractivity contribution in [3.63, 3.8) is 0 Å². The molecule has 1 saturated heterocycles. The molecule has 1 amide bonds. The fourth-order valence-corrected chi connectivity index (χ4v) is 2.94. The largest absolute Gasteiger partial charge is 0.395 e. The number of hydrogen-bond donors (Lipinski definition) is 2. The number of nitrogens with zero attached hydrogens (tertiary/aromatic N) is 1. The molecule has 122 valence electrons. The van der Waals surface area contributed by atoms with Crippen molar-refractivity contribution < 1.29 is 14.6 Å². The van der Waals surface area contributed by atoms with Gasteiger partial charge in [0.15, 0.2) is 0 Å². The van der Waals surface area contributed by atoms with Crippen molar-refractivity contribution in [1.29, 1.82) is 0 Å². The van der Waals surface area contributed by atoms with Gasteiger partial charge in [0.1, 0.15) is 0 Å². The highest BCUT2D eigenvalue weighted by atomic mass is 16.5. The molecule has 1 aliphatic rings. The summed E-state index contributed by atoms with van der Waals surface area (Å²) in [6, 6.07) is 10.4. The molecule has 1 aliphatic heterocycles. The Labute approximate surface area is 132 Å². The molecule has 1 heterocycles. The number of amides is 1. The van der Waals surface area contributed by atoms with Crippen molar-refractivity contribution in [2.75, 3.05) is 46.5 Å². The van der Waals surface area contributed by atoms with Crippen LogP contribution in [0.25, 0.3) is 0 Å². The van der Waals surface area contributed by atoms with Gasteiger partial charge in [0.25, 0.3) is 0 Å². The summed E-state index contributed by atoms with van der Waals surface area (Å²) in [6.45, 7) is 2.97. The second-order valence-corrected chi connectivity index (χ2v) is 6.00. The van der Waals surface area contributed by atoms with Gasteiger partial charge < -0.3 is 15.2 Å². The molecule has 0 aliphatic carbocycles. The van der Waals surface area contributed by atoms with Gasteiger partial charge in [-0.25, -0.2) is 0 Å². The highest BCUT2D eigenvalue weighted by Crippen LogP contribution is 2.34. The normalized spacial score (nSPS) is 17.4. The van der Waals surface area contributed by atoms with E-state index in [0.717, 1.165) is 26.1 Å². The number of aliphatic hydroxyl groups is 1. The Morgan fingerprint density at radius 3 is 2.64 bits per heavy atom. The Morgan fingerprint density at radius 1 is 1.32 bits per heavy atom. The lowest BCUT2D eigenvalue weighted by Gasteiger charge is -2.38. The molecule has 0 radical (unpaired) electrons. The third kappa shape index (κ3) is 4.53. The third-order valence-electron chi connectivity index (χ3n) is 4.36. The average molecular weight is 306 g/mol. The van der Waals surface area contributed by atoms with Crippen LogP contribution < -0.4 is 5.32 Å². The van der Waals surface area contributed by atoms with Gasteiger partial charge in [0.05, 0.1) is 13.2 Å². The number of nitrogens with one attached hydrogen (secondary N) is 1. The maximum absolute atomic E-state index is 12.1. The number of rotatable bonds is 7. The lowest BCUT2D eigenvalue weighted by molar-refractivity contribution is -0.122. The molecule has 1 aromatic carbocycles. The van der Waals surface area contributed by atoms with E-state index in [4.69, 9.17) is 9.84 Å². The summed E-state index contributed by atoms with van der Waals surface area (Å²) in [4.78, 5) is 13.9. The minimum absolute atomic E-state index is 0.00209. The number of hydrogen-bond acceptors (Lipinski definition) is 4. The lowest BCUT2D eigenvalue weighted by Crippen LogP contribution is -2.46. The maximum Gasteiger partial charge on any atom is 0.234 e. The predicted octanol–water partition coefficient (Wildman–Crippen LogP) is 0.775. The van der Waals surface area contributed by atoms with Crippen molar-refractivity contribution in [2.24, 2.45) is 0 Å². The first-order chi connectivity index (χ1) is 10.7. The lowest BCUT2D eigenvalue weighted by atomic mass is 9.74. The molecular formula is C17H26N2O3. The number of carbonyl (C=O) groups is 1. The number of aliphatic hydroxyl groups excluding tert-OH is 1. The molecule has 0 bridgehead atoms. The van der Waals surface area contributed by atoms with Crippen LogP contribution in [0.4, 0.5) is 0 Å². The van der Waals surface area contributed by atoms with E-state index in [1.165, 1.54) is 5.56 Å². The van der Waals surface area contributed by atoms with Crippen molar-refractivity contribution in [3.8, 4) is 0 Å². The summed E-state index contributed by atoms with van der Waals surface area (Å²) in [6.07, 6.45) is 1.84. The zero-order valence-electron chi connectivity index (χ0n) is 13.3. The Bertz CT molecular complexity index is 458. The average Bonchev–Trinajstić information content (AvgIpc) is 2.55. The summed E-state index contributed by atoms with van der Waals surface area (Å²) in [5.41, 5.74) is 1.23. The van der Waals surface area contributed by atoms with Crippen LogP contribution in [-0.2, 0) is 14.9 Å². The molecule has 0 atom stereocenters. The molecule has 2 N–H and O–H groups in total. The molecule has 0 aromatic heterocycles. The fourth-order valence-electron chi connectivity index (χ4n) is 2.94. The Hall–Kier alpha value is -1.43. The minimum Gasteiger partial charge on any atom is -0.395 e. The van der Waals surface area contributed by atoms with E-state index in [0.29, 0.717) is 19.6 Å². The first-order valence-electron chi connectivity index (χ1n) is 7.86. The van der Waals surface area contributed by atoms with Crippen molar-refractivity contribution in [3.05, 3.63) is 35.9 Å². The van der Waals surface area contributed by atoms with Crippen LogP contribution >= 0.6 is 0 Å². The van der Waals surface area contributed by atoms with Crippen LogP contribution in [0.1, 0.15) is 18.4 Å². The zero-order chi connectivity index (χ0) is 15.8. The van der Waals surface area contributed by atoms with Crippen LogP contribution in [0.15, 0.2) is 30.3 Å². The van der Waals surface area contributed by atoms with Gasteiger partial charge >= 0.3 is 0 Å². The van der Waals surface area contributed by atoms with Crippen LogP contribution in [0.5, 0.6) is 0 Å². The first-order valence-corrected chi connectivity index (χ1v) is 7.86. The molecular weight excluding hydrogens is 280 g/mol. The molecule has 0 spiro atoms. The van der Waals surface area contributed by atoms with Gasteiger partial charge in [-0.05, 0) is 25.5 Å². The predicted molar refractivity (Wildman–Crippen MR) is 85.8 cm³/mol. The van der Waals surface area contributed by atoms with E-state index in [1.54, 1.807) is 0 Å². The van der Waals surface area contributed by atoms with E-state index in [1.807, 2.05) is 30.1 Å². The number of likely N-dealkylation sites (N-methyl/N-ethyl adjacent to an activating group) is 1. The second-order valence-electron chi connectivity index (χ2n) is 6.00. The van der Waals surface area contributed by atoms with Crippen LogP contribution in [0.3, 0.4) is 0 Å². The first kappa shape index (κ1) is 16.9. The summed E-state index contributed by atoms with van der Waals surface area (Å²) in [5, 5.41) is 11.9. The van der Waals surface area contributed by atoms with E-state index in [2.05, 4.69) is 17.4 Å². The maximum atomic E-state index is 12.1. The number of benzene rings is 1. The minimum atomic E-state index is -0.0370. The summed E-state index contributed by atoms with van der Waals surface area (Å²) < 4.78 is 5.50. The van der Waals surface area contributed by atoms with Crippen LogP contribution in [0.2, 0.25) is 0 Å². The van der Waals surface area contributed by atoms with Crippen molar-refractivity contribution in [1.82, 2.24) is 10.2 Å². The van der Waals surface area contributed by atoms with Gasteiger partial charge in [-0.1, -0.05) is 30.3 Å². The molecule has 0 unspecified atom stereocenters. The van der Waals surface area contributed by atoms with Crippen molar-refractivity contribution in [2.45, 2.75) is 18.3 Å². The van der Waals surface area contributed by atoms with Crippen LogP contribution in [0, 0.1) is 0 Å². The van der Waals surface area contributed by atoms with E-state index in [9.17, 15) is 4.79 Å². The quantitative estimate of drug-likeness (QED) is 0.781. The summed E-state index contributed by atoms with van der Waals surface area (Å²) in [7, 11) is 1.83. The highest BCUT2D eigenvalue weighted by molar-refractivity contribution is 5.78. The number of ether oxygens (including phenoxy) is 1. The molecule has 2 rings (SSSR count). The Balaban J connectivity index is 1.98. The molecule has 1 aromatic rings. The van der Waals surface area contributed by atoms with Gasteiger partial charge in [-0.3, -0.25) is 9.69 Å². The SMILES string of the molecule is CN(CCO)CC(=O)NCC1(c2ccccc2)CCOCC1. The topological polar surface area (TPSA) is 61.8 Å². The van der Waals surface area contributed by atoms with Gasteiger partial charge in [0.2, 0.25) is 5.91 Å². The third-order valence-corrected chi connectivity index (χ3v) is 4.36. The second kappa shape index (κ2) is 8.27. The highest BCUT2D eigenvalue weighted by Gasteiger charge is 2.34. The monoisotopic (exact) mass is 306 g/mol. The van der Waals surface area contributed by atoms with Gasteiger partial charge in [-0.15, -0.1) is 0 Å². The summed E-state index contributed by atoms with van der Waals surface area (Å²) in [5.74, 6) is -0.00209. The zero-order valence-corrected chi connectivity index (χ0v) is 13.3. The molecule has 1 fully saturated rings. The molecule has 5 heteroatoms. The Morgan fingerprint density at radius 2 is 2.00 bits per heavy atom. The van der Waals surface area contributed by atoms with Gasteiger partial charge in [0, 0.05) is 31.7 Å². The Kier molecular flexibility index (Phi) is 6.36. The molecule has 22 heavy (non-hydrogen) atoms.